The quantitative estimate of drug-likeness (QED) is 0.240. The zero-order chi connectivity index (χ0) is 23.2. The minimum absolute atomic E-state index is 0.0184. The molecule has 16 nitrogen and oxygen atoms in total. The molecule has 2 aromatic heterocycles. The predicted molar refractivity (Wildman–Crippen MR) is 104 cm³/mol. The van der Waals surface area contributed by atoms with E-state index in [2.05, 4.69) is 39.0 Å². The second kappa shape index (κ2) is 8.88. The number of ether oxygens (including phenoxy) is 1. The summed E-state index contributed by atoms with van der Waals surface area (Å²) < 4.78 is 53.2. The molecular weight excluding hydrogens is 553 g/mol. The van der Waals surface area contributed by atoms with Gasteiger partial charge in [0.2, 0.25) is 0 Å². The van der Waals surface area contributed by atoms with Gasteiger partial charge in [-0.2, -0.15) is 8.62 Å². The van der Waals surface area contributed by atoms with Gasteiger partial charge in [0.15, 0.2) is 0 Å². The van der Waals surface area contributed by atoms with Gasteiger partial charge in [0.05, 0.1) is 18.1 Å². The number of phosphoric acid groups is 3. The van der Waals surface area contributed by atoms with Gasteiger partial charge < -0.3 is 39.7 Å². The number of aliphatic hydroxyl groups excluding tert-OH is 1. The Hall–Kier alpha value is -0.770. The summed E-state index contributed by atoms with van der Waals surface area (Å²) in [4.78, 5) is 43.7. The number of aromatic nitrogens is 3. The van der Waals surface area contributed by atoms with Crippen molar-refractivity contribution in [3.05, 3.63) is 17.0 Å². The van der Waals surface area contributed by atoms with Crippen molar-refractivity contribution in [2.24, 2.45) is 0 Å². The van der Waals surface area contributed by atoms with E-state index in [9.17, 15) is 23.7 Å². The normalized spacial score (nSPS) is 26.1. The average Bonchev–Trinajstić information content (AvgIpc) is 3.11. The first kappa shape index (κ1) is 24.9. The number of anilines is 1. The number of nitrogens with zero attached hydrogens (tertiary/aromatic N) is 3. The lowest BCUT2D eigenvalue weighted by atomic mass is 10.2. The van der Waals surface area contributed by atoms with Crippen molar-refractivity contribution < 1.29 is 56.3 Å². The average molecular weight is 569 g/mol. The van der Waals surface area contributed by atoms with Crippen molar-refractivity contribution >= 4 is 56.2 Å². The number of aliphatic hydroxyl groups is 1. The SMILES string of the molecule is Nc1ncnc2c1c(Br)cn2[C@H]1C[C@H](O)[C@@H](COP(=O)(O)OP(=O)(O)OP(=O)(O)O)O1. The van der Waals surface area contributed by atoms with E-state index >= 15 is 0 Å². The second-order valence-corrected chi connectivity index (χ2v) is 11.4. The number of phosphoric ester groups is 1. The molecule has 0 aromatic carbocycles. The van der Waals surface area contributed by atoms with Crippen LogP contribution in [0.25, 0.3) is 11.0 Å². The molecule has 31 heavy (non-hydrogen) atoms. The van der Waals surface area contributed by atoms with Gasteiger partial charge in [0.25, 0.3) is 0 Å². The molecule has 20 heteroatoms. The first-order valence-corrected chi connectivity index (χ1v) is 13.4. The summed E-state index contributed by atoms with van der Waals surface area (Å²) in [5.74, 6) is 0.207. The Morgan fingerprint density at radius 2 is 1.87 bits per heavy atom. The van der Waals surface area contributed by atoms with E-state index in [0.29, 0.717) is 15.5 Å². The lowest BCUT2D eigenvalue weighted by Gasteiger charge is -2.19. The molecule has 0 spiro atoms. The molecule has 3 heterocycles. The number of nitrogen functional groups attached to an aromatic ring is 1. The number of hydrogen-bond donors (Lipinski definition) is 6. The standard InChI is InChI=1S/C11H16BrN4O12P3/c12-5-2-16(11-9(5)10(13)14-4-15-11)8-1-6(17)7(26-8)3-25-30(21,22)28-31(23,24)27-29(18,19)20/h2,4,6-8,17H,1,3H2,(H,21,22)(H,23,24)(H2,13,14,15)(H2,18,19,20)/t6-,7+,8+/m0/s1. The van der Waals surface area contributed by atoms with Crippen LogP contribution in [0.5, 0.6) is 0 Å². The maximum absolute atomic E-state index is 11.8. The summed E-state index contributed by atoms with van der Waals surface area (Å²) in [7, 11) is -16.5. The summed E-state index contributed by atoms with van der Waals surface area (Å²) in [6.45, 7) is -0.779. The highest BCUT2D eigenvalue weighted by Gasteiger charge is 2.43. The Kier molecular flexibility index (Phi) is 7.12. The van der Waals surface area contributed by atoms with Crippen LogP contribution < -0.4 is 5.73 Å². The third-order valence-electron chi connectivity index (χ3n) is 3.92. The third kappa shape index (κ3) is 6.18. The molecule has 1 aliphatic heterocycles. The zero-order valence-corrected chi connectivity index (χ0v) is 19.3. The minimum Gasteiger partial charge on any atom is -0.390 e. The van der Waals surface area contributed by atoms with Crippen LogP contribution in [0.3, 0.4) is 0 Å². The molecule has 7 N–H and O–H groups in total. The molecule has 1 aliphatic rings. The van der Waals surface area contributed by atoms with E-state index in [4.69, 9.17) is 25.2 Å². The summed E-state index contributed by atoms with van der Waals surface area (Å²) in [6, 6.07) is 0. The highest BCUT2D eigenvalue weighted by atomic mass is 79.9. The minimum atomic E-state index is -5.64. The van der Waals surface area contributed by atoms with Gasteiger partial charge in [0, 0.05) is 17.1 Å². The highest BCUT2D eigenvalue weighted by Crippen LogP contribution is 2.66. The van der Waals surface area contributed by atoms with Crippen LogP contribution in [-0.4, -0.2) is 58.0 Å². The second-order valence-electron chi connectivity index (χ2n) is 6.16. The molecule has 5 atom stereocenters. The van der Waals surface area contributed by atoms with Gasteiger partial charge in [-0.15, -0.1) is 0 Å². The summed E-state index contributed by atoms with van der Waals surface area (Å²) in [6.07, 6.45) is -0.299. The van der Waals surface area contributed by atoms with Crippen LogP contribution in [0.4, 0.5) is 5.82 Å². The Labute approximate surface area is 181 Å². The summed E-state index contributed by atoms with van der Waals surface area (Å²) >= 11 is 3.32. The lowest BCUT2D eigenvalue weighted by Crippen LogP contribution is -2.26. The molecule has 0 saturated carbocycles. The highest BCUT2D eigenvalue weighted by molar-refractivity contribution is 9.10. The van der Waals surface area contributed by atoms with E-state index in [1.165, 1.54) is 6.33 Å². The fraction of sp³-hybridized carbons (Fsp3) is 0.455. The fourth-order valence-electron chi connectivity index (χ4n) is 2.79. The van der Waals surface area contributed by atoms with Gasteiger partial charge in [-0.3, -0.25) is 4.52 Å². The van der Waals surface area contributed by atoms with Crippen molar-refractivity contribution in [1.82, 2.24) is 14.5 Å². The van der Waals surface area contributed by atoms with E-state index in [-0.39, 0.29) is 12.2 Å². The van der Waals surface area contributed by atoms with Crippen molar-refractivity contribution in [1.29, 1.82) is 0 Å². The molecule has 1 saturated heterocycles. The molecule has 2 aromatic rings. The maximum Gasteiger partial charge on any atom is 0.490 e. The van der Waals surface area contributed by atoms with Crippen LogP contribution in [0.2, 0.25) is 0 Å². The lowest BCUT2D eigenvalue weighted by molar-refractivity contribution is -0.0422. The molecule has 0 bridgehead atoms. The van der Waals surface area contributed by atoms with E-state index < -0.39 is 48.5 Å². The van der Waals surface area contributed by atoms with Gasteiger partial charge in [-0.25, -0.2) is 23.7 Å². The Morgan fingerprint density at radius 1 is 1.19 bits per heavy atom. The third-order valence-corrected chi connectivity index (χ3v) is 8.33. The smallest absolute Gasteiger partial charge is 0.390 e. The molecule has 0 radical (unpaired) electrons. The van der Waals surface area contributed by atoms with Crippen molar-refractivity contribution in [3.8, 4) is 0 Å². The van der Waals surface area contributed by atoms with E-state index in [0.717, 1.165) is 0 Å². The van der Waals surface area contributed by atoms with Crippen molar-refractivity contribution in [3.63, 3.8) is 0 Å². The van der Waals surface area contributed by atoms with Gasteiger partial charge >= 0.3 is 23.5 Å². The Balaban J connectivity index is 1.67. The monoisotopic (exact) mass is 568 g/mol. The van der Waals surface area contributed by atoms with Crippen LogP contribution in [0, 0.1) is 0 Å². The molecule has 2 unspecified atom stereocenters. The van der Waals surface area contributed by atoms with Crippen LogP contribution in [-0.2, 0) is 31.6 Å². The van der Waals surface area contributed by atoms with E-state index in [1.54, 1.807) is 10.8 Å². The maximum atomic E-state index is 11.8. The Bertz CT molecular complexity index is 1120. The molecule has 3 rings (SSSR count). The fourth-order valence-corrected chi connectivity index (χ4v) is 6.42. The number of nitrogens with two attached hydrogens (primary N) is 1. The van der Waals surface area contributed by atoms with Crippen LogP contribution >= 0.6 is 39.4 Å². The van der Waals surface area contributed by atoms with Crippen LogP contribution in [0.1, 0.15) is 12.6 Å². The molecular formula is C11H16BrN4O12P3. The first-order valence-electron chi connectivity index (χ1n) is 8.06. The molecule has 174 valence electrons. The molecule has 1 fully saturated rings. The van der Waals surface area contributed by atoms with Crippen molar-refractivity contribution in [2.45, 2.75) is 24.9 Å². The number of fused-ring (bicyclic) bond motifs is 1. The van der Waals surface area contributed by atoms with Crippen molar-refractivity contribution in [2.75, 3.05) is 12.3 Å². The van der Waals surface area contributed by atoms with Crippen LogP contribution in [0.15, 0.2) is 17.0 Å². The molecule has 0 amide bonds. The largest absolute Gasteiger partial charge is 0.490 e. The van der Waals surface area contributed by atoms with Gasteiger partial charge in [0.1, 0.15) is 30.1 Å². The summed E-state index contributed by atoms with van der Waals surface area (Å²) in [5.41, 5.74) is 6.22. The van der Waals surface area contributed by atoms with Gasteiger partial charge in [-0.1, -0.05) is 0 Å². The number of halogens is 1. The van der Waals surface area contributed by atoms with E-state index in [1.807, 2.05) is 0 Å². The Morgan fingerprint density at radius 3 is 2.52 bits per heavy atom. The number of hydrogen-bond acceptors (Lipinski definition) is 11. The predicted octanol–water partition coefficient (Wildman–Crippen LogP) is 0.768. The first-order chi connectivity index (χ1) is 14.2. The summed E-state index contributed by atoms with van der Waals surface area (Å²) in [5, 5.41) is 10.7. The number of rotatable bonds is 8. The topological polar surface area (TPSA) is 246 Å². The molecule has 0 aliphatic carbocycles. The van der Waals surface area contributed by atoms with Gasteiger partial charge in [-0.05, 0) is 15.9 Å². The zero-order valence-electron chi connectivity index (χ0n) is 15.0.